The van der Waals surface area contributed by atoms with Gasteiger partial charge in [0.1, 0.15) is 11.3 Å². The quantitative estimate of drug-likeness (QED) is 0.897. The fraction of sp³-hybridized carbons (Fsp3) is 0.286. The van der Waals surface area contributed by atoms with Crippen LogP contribution in [0.3, 0.4) is 0 Å². The van der Waals surface area contributed by atoms with Crippen LogP contribution >= 0.6 is 0 Å². The molecule has 1 N–H and O–H groups in total. The summed E-state index contributed by atoms with van der Waals surface area (Å²) < 4.78 is 4.85. The lowest BCUT2D eigenvalue weighted by molar-refractivity contribution is 0.0952. The van der Waals surface area contributed by atoms with Crippen molar-refractivity contribution in [1.82, 2.24) is 10.5 Å². The van der Waals surface area contributed by atoms with Crippen LogP contribution in [0, 0.1) is 13.8 Å². The van der Waals surface area contributed by atoms with E-state index in [0.29, 0.717) is 17.9 Å². The normalized spacial score (nSPS) is 10.3. The second-order valence-corrected chi connectivity index (χ2v) is 4.29. The average molecular weight is 244 g/mol. The van der Waals surface area contributed by atoms with Gasteiger partial charge in [-0.15, -0.1) is 0 Å². The molecule has 18 heavy (non-hydrogen) atoms. The SMILES string of the molecule is Cc1ccc(CCNC(=O)c2cnoc2C)cc1. The monoisotopic (exact) mass is 244 g/mol. The first-order valence-corrected chi connectivity index (χ1v) is 5.92. The molecule has 4 heteroatoms. The van der Waals surface area contributed by atoms with Crippen LogP contribution < -0.4 is 5.32 Å². The number of carbonyl (C=O) groups is 1. The van der Waals surface area contributed by atoms with Crippen molar-refractivity contribution in [2.24, 2.45) is 0 Å². The Labute approximate surface area is 106 Å². The number of rotatable bonds is 4. The van der Waals surface area contributed by atoms with Crippen LogP contribution in [0.4, 0.5) is 0 Å². The number of amides is 1. The molecule has 2 aromatic rings. The van der Waals surface area contributed by atoms with E-state index in [1.54, 1.807) is 6.92 Å². The maximum absolute atomic E-state index is 11.8. The third-order valence-corrected chi connectivity index (χ3v) is 2.82. The predicted molar refractivity (Wildman–Crippen MR) is 68.5 cm³/mol. The van der Waals surface area contributed by atoms with Crippen LogP contribution in [0.5, 0.6) is 0 Å². The number of nitrogens with zero attached hydrogens (tertiary/aromatic N) is 1. The zero-order valence-corrected chi connectivity index (χ0v) is 10.6. The molecular formula is C14H16N2O2. The first kappa shape index (κ1) is 12.4. The van der Waals surface area contributed by atoms with Crippen LogP contribution in [-0.2, 0) is 6.42 Å². The maximum Gasteiger partial charge on any atom is 0.256 e. The van der Waals surface area contributed by atoms with Crippen LogP contribution in [0.1, 0.15) is 27.2 Å². The lowest BCUT2D eigenvalue weighted by Gasteiger charge is -2.04. The smallest absolute Gasteiger partial charge is 0.256 e. The van der Waals surface area contributed by atoms with E-state index in [0.717, 1.165) is 6.42 Å². The summed E-state index contributed by atoms with van der Waals surface area (Å²) in [5.41, 5.74) is 2.95. The number of nitrogens with one attached hydrogen (secondary N) is 1. The van der Waals surface area contributed by atoms with Gasteiger partial charge in [-0.05, 0) is 25.8 Å². The summed E-state index contributed by atoms with van der Waals surface area (Å²) in [4.78, 5) is 11.8. The molecule has 0 atom stereocenters. The van der Waals surface area contributed by atoms with Crippen LogP contribution in [-0.4, -0.2) is 17.6 Å². The Bertz CT molecular complexity index is 529. The highest BCUT2D eigenvalue weighted by molar-refractivity contribution is 5.94. The van der Waals surface area contributed by atoms with E-state index in [2.05, 4.69) is 41.7 Å². The summed E-state index contributed by atoms with van der Waals surface area (Å²) in [6.45, 7) is 4.38. The standard InChI is InChI=1S/C14H16N2O2/c1-10-3-5-12(6-4-10)7-8-15-14(17)13-9-16-18-11(13)2/h3-6,9H,7-8H2,1-2H3,(H,15,17). The van der Waals surface area contributed by atoms with Crippen molar-refractivity contribution in [2.45, 2.75) is 20.3 Å². The second-order valence-electron chi connectivity index (χ2n) is 4.29. The number of aryl methyl sites for hydroxylation is 2. The summed E-state index contributed by atoms with van der Waals surface area (Å²) in [5.74, 6) is 0.406. The number of hydrogen-bond acceptors (Lipinski definition) is 3. The third-order valence-electron chi connectivity index (χ3n) is 2.82. The molecule has 0 spiro atoms. The number of aromatic nitrogens is 1. The van der Waals surface area contributed by atoms with Gasteiger partial charge in [0.2, 0.25) is 0 Å². The van der Waals surface area contributed by atoms with E-state index in [1.165, 1.54) is 17.3 Å². The second kappa shape index (κ2) is 5.49. The largest absolute Gasteiger partial charge is 0.361 e. The van der Waals surface area contributed by atoms with Gasteiger partial charge < -0.3 is 9.84 Å². The molecule has 0 aliphatic heterocycles. The lowest BCUT2D eigenvalue weighted by atomic mass is 10.1. The van der Waals surface area contributed by atoms with Gasteiger partial charge in [-0.25, -0.2) is 0 Å². The van der Waals surface area contributed by atoms with Crippen LogP contribution in [0.15, 0.2) is 35.0 Å². The molecular weight excluding hydrogens is 228 g/mol. The average Bonchev–Trinajstić information content (AvgIpc) is 2.78. The lowest BCUT2D eigenvalue weighted by Crippen LogP contribution is -2.25. The fourth-order valence-electron chi connectivity index (χ4n) is 1.69. The summed E-state index contributed by atoms with van der Waals surface area (Å²) >= 11 is 0. The van der Waals surface area contributed by atoms with Crippen molar-refractivity contribution in [2.75, 3.05) is 6.54 Å². The molecule has 0 bridgehead atoms. The zero-order valence-electron chi connectivity index (χ0n) is 10.6. The van der Waals surface area contributed by atoms with Gasteiger partial charge in [-0.2, -0.15) is 0 Å². The Balaban J connectivity index is 1.84. The minimum Gasteiger partial charge on any atom is -0.361 e. The molecule has 0 radical (unpaired) electrons. The Morgan fingerprint density at radius 2 is 2.00 bits per heavy atom. The Morgan fingerprint density at radius 1 is 1.28 bits per heavy atom. The van der Waals surface area contributed by atoms with Crippen molar-refractivity contribution in [3.8, 4) is 0 Å². The van der Waals surface area contributed by atoms with Gasteiger partial charge in [0, 0.05) is 6.54 Å². The van der Waals surface area contributed by atoms with E-state index in [4.69, 9.17) is 4.52 Å². The molecule has 0 aliphatic rings. The highest BCUT2D eigenvalue weighted by atomic mass is 16.5. The Hall–Kier alpha value is -2.10. The fourth-order valence-corrected chi connectivity index (χ4v) is 1.69. The minimum absolute atomic E-state index is 0.138. The molecule has 1 amide bonds. The van der Waals surface area contributed by atoms with E-state index >= 15 is 0 Å². The first-order chi connectivity index (χ1) is 8.66. The van der Waals surface area contributed by atoms with Gasteiger partial charge in [0.25, 0.3) is 5.91 Å². The van der Waals surface area contributed by atoms with Crippen molar-refractivity contribution in [3.63, 3.8) is 0 Å². The molecule has 2 rings (SSSR count). The molecule has 0 saturated heterocycles. The van der Waals surface area contributed by atoms with Gasteiger partial charge in [0.15, 0.2) is 0 Å². The first-order valence-electron chi connectivity index (χ1n) is 5.92. The number of carbonyl (C=O) groups excluding carboxylic acids is 1. The highest BCUT2D eigenvalue weighted by Gasteiger charge is 2.11. The van der Waals surface area contributed by atoms with Crippen molar-refractivity contribution in [3.05, 3.63) is 52.9 Å². The molecule has 0 fully saturated rings. The van der Waals surface area contributed by atoms with Gasteiger partial charge in [-0.1, -0.05) is 35.0 Å². The molecule has 0 unspecified atom stereocenters. The summed E-state index contributed by atoms with van der Waals surface area (Å²) in [5, 5.41) is 6.43. The van der Waals surface area contributed by atoms with Crippen LogP contribution in [0.25, 0.3) is 0 Å². The number of hydrogen-bond donors (Lipinski definition) is 1. The van der Waals surface area contributed by atoms with Crippen molar-refractivity contribution >= 4 is 5.91 Å². The molecule has 1 aromatic heterocycles. The maximum atomic E-state index is 11.8. The topological polar surface area (TPSA) is 55.1 Å². The van der Waals surface area contributed by atoms with Gasteiger partial charge in [0.05, 0.1) is 6.20 Å². The summed E-state index contributed by atoms with van der Waals surface area (Å²) in [6, 6.07) is 8.29. The van der Waals surface area contributed by atoms with E-state index in [9.17, 15) is 4.79 Å². The predicted octanol–water partition coefficient (Wildman–Crippen LogP) is 2.26. The molecule has 4 nitrogen and oxygen atoms in total. The molecule has 0 saturated carbocycles. The molecule has 94 valence electrons. The van der Waals surface area contributed by atoms with Gasteiger partial charge in [-0.3, -0.25) is 4.79 Å². The summed E-state index contributed by atoms with van der Waals surface area (Å²) in [6.07, 6.45) is 2.26. The zero-order chi connectivity index (χ0) is 13.0. The molecule has 1 aromatic carbocycles. The Morgan fingerprint density at radius 3 is 2.61 bits per heavy atom. The van der Waals surface area contributed by atoms with Crippen molar-refractivity contribution in [1.29, 1.82) is 0 Å². The van der Waals surface area contributed by atoms with E-state index < -0.39 is 0 Å². The Kier molecular flexibility index (Phi) is 3.77. The van der Waals surface area contributed by atoms with E-state index in [1.807, 2.05) is 0 Å². The minimum atomic E-state index is -0.138. The number of benzene rings is 1. The highest BCUT2D eigenvalue weighted by Crippen LogP contribution is 2.06. The van der Waals surface area contributed by atoms with E-state index in [-0.39, 0.29) is 5.91 Å². The van der Waals surface area contributed by atoms with Crippen LogP contribution in [0.2, 0.25) is 0 Å². The molecule has 1 heterocycles. The molecule has 0 aliphatic carbocycles. The summed E-state index contributed by atoms with van der Waals surface area (Å²) in [7, 11) is 0. The van der Waals surface area contributed by atoms with Crippen molar-refractivity contribution < 1.29 is 9.32 Å². The van der Waals surface area contributed by atoms with Gasteiger partial charge >= 0.3 is 0 Å². The third kappa shape index (κ3) is 2.97.